The monoisotopic (exact) mass is 404 g/mol. The number of furan rings is 1. The van der Waals surface area contributed by atoms with E-state index in [0.717, 1.165) is 22.2 Å². The average Bonchev–Trinajstić information content (AvgIpc) is 3.33. The second-order valence-corrected chi connectivity index (χ2v) is 7.61. The van der Waals surface area contributed by atoms with Crippen molar-refractivity contribution in [3.05, 3.63) is 69.8 Å². The van der Waals surface area contributed by atoms with E-state index in [-0.39, 0.29) is 11.1 Å². The highest BCUT2D eigenvalue weighted by molar-refractivity contribution is 7.98. The fourth-order valence-electron chi connectivity index (χ4n) is 3.23. The fourth-order valence-corrected chi connectivity index (χ4v) is 3.99. The number of hydrogen-bond acceptors (Lipinski definition) is 7. The molecule has 2 aromatic carbocycles. The highest BCUT2D eigenvalue weighted by Crippen LogP contribution is 2.27. The van der Waals surface area contributed by atoms with Crippen LogP contribution in [-0.2, 0) is 5.75 Å². The number of benzene rings is 2. The molecule has 29 heavy (non-hydrogen) atoms. The molecule has 0 unspecified atom stereocenters. The maximum absolute atomic E-state index is 12.5. The van der Waals surface area contributed by atoms with Crippen LogP contribution in [0.25, 0.3) is 27.8 Å². The lowest BCUT2D eigenvalue weighted by Gasteiger charge is -2.09. The van der Waals surface area contributed by atoms with E-state index < -0.39 is 0 Å². The Balaban J connectivity index is 1.49. The van der Waals surface area contributed by atoms with Crippen LogP contribution in [0.5, 0.6) is 0 Å². The molecule has 0 aliphatic carbocycles. The normalized spacial score (nSPS) is 11.5. The predicted molar refractivity (Wildman–Crippen MR) is 110 cm³/mol. The summed E-state index contributed by atoms with van der Waals surface area (Å²) >= 11 is 1.41. The van der Waals surface area contributed by atoms with Crippen LogP contribution in [0, 0.1) is 13.8 Å². The second-order valence-electron chi connectivity index (χ2n) is 6.67. The summed E-state index contributed by atoms with van der Waals surface area (Å²) in [7, 11) is 0. The van der Waals surface area contributed by atoms with Gasteiger partial charge in [0.05, 0.1) is 11.4 Å². The number of nitrogens with zero attached hydrogens (tertiary/aromatic N) is 5. The number of fused-ring (bicyclic) bond motifs is 3. The molecular weight excluding hydrogens is 388 g/mol. The number of aryl methyl sites for hydroxylation is 1. The molecule has 0 fully saturated rings. The van der Waals surface area contributed by atoms with Crippen LogP contribution in [0.4, 0.5) is 0 Å². The van der Waals surface area contributed by atoms with Crippen molar-refractivity contribution in [2.24, 2.45) is 0 Å². The third-order valence-electron chi connectivity index (χ3n) is 4.86. The molecule has 144 valence electrons. The van der Waals surface area contributed by atoms with Gasteiger partial charge in [-0.1, -0.05) is 36.0 Å². The number of aromatic nitrogens is 6. The Morgan fingerprint density at radius 1 is 1.14 bits per heavy atom. The van der Waals surface area contributed by atoms with Crippen LogP contribution in [0.15, 0.2) is 56.8 Å². The van der Waals surface area contributed by atoms with Gasteiger partial charge in [-0.25, -0.2) is 4.98 Å². The molecule has 5 aromatic rings. The van der Waals surface area contributed by atoms with Gasteiger partial charge in [0.1, 0.15) is 16.9 Å². The minimum absolute atomic E-state index is 0.236. The molecule has 0 radical (unpaired) electrons. The Hall–Kier alpha value is -3.46. The van der Waals surface area contributed by atoms with Crippen molar-refractivity contribution in [1.82, 2.24) is 30.2 Å². The lowest BCUT2D eigenvalue weighted by atomic mass is 10.1. The largest absolute Gasteiger partial charge is 0.449 e. The van der Waals surface area contributed by atoms with Gasteiger partial charge < -0.3 is 9.40 Å². The minimum Gasteiger partial charge on any atom is -0.449 e. The molecule has 0 saturated carbocycles. The SMILES string of the molecule is Cc1cccc(-n2nnnc2SCc2nc3c(oc4ccccc43)c(=O)[nH]2)c1C. The van der Waals surface area contributed by atoms with Crippen molar-refractivity contribution in [2.75, 3.05) is 0 Å². The Morgan fingerprint density at radius 2 is 2.00 bits per heavy atom. The van der Waals surface area contributed by atoms with Gasteiger partial charge in [0.25, 0.3) is 5.56 Å². The topological polar surface area (TPSA) is 102 Å². The number of tetrazole rings is 1. The third kappa shape index (κ3) is 2.99. The van der Waals surface area contributed by atoms with Gasteiger partial charge in [0.15, 0.2) is 0 Å². The molecule has 3 aromatic heterocycles. The lowest BCUT2D eigenvalue weighted by Crippen LogP contribution is -2.10. The fraction of sp³-hybridized carbons (Fsp3) is 0.150. The zero-order chi connectivity index (χ0) is 20.0. The lowest BCUT2D eigenvalue weighted by molar-refractivity contribution is 0.660. The predicted octanol–water partition coefficient (Wildman–Crippen LogP) is 3.55. The molecule has 0 saturated heterocycles. The molecule has 0 bridgehead atoms. The number of H-pyrrole nitrogens is 1. The standard InChI is InChI=1S/C20H16N6O2S/c1-11-6-5-8-14(12(11)2)26-20(23-24-25-26)29-10-16-21-17-13-7-3-4-9-15(13)28-18(17)19(27)22-16/h3-9H,10H2,1-2H3,(H,21,22,27). The molecular formula is C20H16N6O2S. The Labute approximate surface area is 169 Å². The molecule has 5 rings (SSSR count). The molecule has 0 atom stereocenters. The first kappa shape index (κ1) is 17.6. The van der Waals surface area contributed by atoms with Crippen molar-refractivity contribution in [3.8, 4) is 5.69 Å². The van der Waals surface area contributed by atoms with Crippen molar-refractivity contribution in [3.63, 3.8) is 0 Å². The van der Waals surface area contributed by atoms with Gasteiger partial charge in [-0.2, -0.15) is 4.68 Å². The molecule has 9 heteroatoms. The molecule has 1 N–H and O–H groups in total. The summed E-state index contributed by atoms with van der Waals surface area (Å²) in [6.07, 6.45) is 0. The first-order valence-corrected chi connectivity index (χ1v) is 9.98. The van der Waals surface area contributed by atoms with Crippen LogP contribution in [-0.4, -0.2) is 30.2 Å². The molecule has 0 aliphatic heterocycles. The summed E-state index contributed by atoms with van der Waals surface area (Å²) in [5, 5.41) is 13.5. The smallest absolute Gasteiger partial charge is 0.294 e. The highest BCUT2D eigenvalue weighted by Gasteiger charge is 2.15. The Kier molecular flexibility index (Phi) is 4.17. The van der Waals surface area contributed by atoms with Crippen molar-refractivity contribution < 1.29 is 4.42 Å². The Morgan fingerprint density at radius 3 is 2.90 bits per heavy atom. The Bertz CT molecular complexity index is 1420. The van der Waals surface area contributed by atoms with Crippen LogP contribution in [0.3, 0.4) is 0 Å². The van der Waals surface area contributed by atoms with Gasteiger partial charge in [-0.3, -0.25) is 4.79 Å². The zero-order valence-electron chi connectivity index (χ0n) is 15.7. The van der Waals surface area contributed by atoms with E-state index in [4.69, 9.17) is 4.42 Å². The van der Waals surface area contributed by atoms with E-state index in [1.54, 1.807) is 4.68 Å². The van der Waals surface area contributed by atoms with Gasteiger partial charge in [-0.15, -0.1) is 5.10 Å². The molecule has 0 aliphatic rings. The van der Waals surface area contributed by atoms with Crippen molar-refractivity contribution >= 4 is 33.8 Å². The first-order valence-electron chi connectivity index (χ1n) is 9.00. The minimum atomic E-state index is -0.295. The molecule has 8 nitrogen and oxygen atoms in total. The van der Waals surface area contributed by atoms with Crippen LogP contribution < -0.4 is 5.56 Å². The van der Waals surface area contributed by atoms with E-state index >= 15 is 0 Å². The maximum Gasteiger partial charge on any atom is 0.294 e. The second kappa shape index (κ2) is 6.85. The number of rotatable bonds is 4. The average molecular weight is 404 g/mol. The van der Waals surface area contributed by atoms with E-state index in [9.17, 15) is 4.79 Å². The van der Waals surface area contributed by atoms with Crippen molar-refractivity contribution in [1.29, 1.82) is 0 Å². The maximum atomic E-state index is 12.5. The summed E-state index contributed by atoms with van der Waals surface area (Å²) in [5.74, 6) is 0.949. The number of aromatic amines is 1. The van der Waals surface area contributed by atoms with Crippen LogP contribution in [0.1, 0.15) is 17.0 Å². The van der Waals surface area contributed by atoms with Gasteiger partial charge in [-0.05, 0) is 53.6 Å². The summed E-state index contributed by atoms with van der Waals surface area (Å²) in [4.78, 5) is 19.9. The number of nitrogens with one attached hydrogen (secondary N) is 1. The molecule has 0 spiro atoms. The van der Waals surface area contributed by atoms with E-state index in [0.29, 0.717) is 27.8 Å². The van der Waals surface area contributed by atoms with Gasteiger partial charge >= 0.3 is 0 Å². The van der Waals surface area contributed by atoms with Gasteiger partial charge in [0, 0.05) is 5.39 Å². The van der Waals surface area contributed by atoms with Crippen LogP contribution >= 0.6 is 11.8 Å². The molecule has 0 amide bonds. The van der Waals surface area contributed by atoms with Gasteiger partial charge in [0.2, 0.25) is 10.7 Å². The number of para-hydroxylation sites is 1. The first-order chi connectivity index (χ1) is 14.1. The third-order valence-corrected chi connectivity index (χ3v) is 5.79. The number of hydrogen-bond donors (Lipinski definition) is 1. The van der Waals surface area contributed by atoms with E-state index in [1.807, 2.05) is 43.3 Å². The zero-order valence-corrected chi connectivity index (χ0v) is 16.5. The van der Waals surface area contributed by atoms with Crippen molar-refractivity contribution in [2.45, 2.75) is 24.8 Å². The van der Waals surface area contributed by atoms with Crippen LogP contribution in [0.2, 0.25) is 0 Å². The summed E-state index contributed by atoms with van der Waals surface area (Å²) in [6, 6.07) is 13.5. The summed E-state index contributed by atoms with van der Waals surface area (Å²) in [5.41, 5.74) is 4.35. The van der Waals surface area contributed by atoms with E-state index in [2.05, 4.69) is 38.5 Å². The summed E-state index contributed by atoms with van der Waals surface area (Å²) in [6.45, 7) is 4.09. The highest BCUT2D eigenvalue weighted by atomic mass is 32.2. The van der Waals surface area contributed by atoms with E-state index in [1.165, 1.54) is 11.8 Å². The summed E-state index contributed by atoms with van der Waals surface area (Å²) < 4.78 is 7.35. The molecule has 3 heterocycles. The quantitative estimate of drug-likeness (QED) is 0.457. The number of thioether (sulfide) groups is 1.